The summed E-state index contributed by atoms with van der Waals surface area (Å²) in [6.07, 6.45) is 0. The summed E-state index contributed by atoms with van der Waals surface area (Å²) in [7, 11) is 0. The first-order valence-electron chi connectivity index (χ1n) is 9.18. The Balaban J connectivity index is 1.83. The fourth-order valence-corrected chi connectivity index (χ4v) is 3.46. The Morgan fingerprint density at radius 1 is 0.793 bits per heavy atom. The molecule has 29 heavy (non-hydrogen) atoms. The van der Waals surface area contributed by atoms with Gasteiger partial charge in [-0.3, -0.25) is 14.4 Å². The molecular formula is C23H18N2O4. The molecule has 6 heteroatoms. The van der Waals surface area contributed by atoms with Gasteiger partial charge in [-0.25, -0.2) is 0 Å². The highest BCUT2D eigenvalue weighted by Crippen LogP contribution is 2.34. The van der Waals surface area contributed by atoms with Crippen LogP contribution in [-0.4, -0.2) is 35.7 Å². The topological polar surface area (TPSA) is 95.5 Å². The van der Waals surface area contributed by atoms with Gasteiger partial charge in [-0.2, -0.15) is 0 Å². The van der Waals surface area contributed by atoms with Crippen molar-refractivity contribution in [3.8, 4) is 0 Å². The van der Waals surface area contributed by atoms with Gasteiger partial charge in [0, 0.05) is 28.9 Å². The van der Waals surface area contributed by atoms with Crippen LogP contribution in [0.4, 0.5) is 11.4 Å². The van der Waals surface area contributed by atoms with Gasteiger partial charge in [0.1, 0.15) is 0 Å². The number of hydrogen-bond acceptors (Lipinski definition) is 5. The van der Waals surface area contributed by atoms with Crippen molar-refractivity contribution in [1.82, 2.24) is 0 Å². The third kappa shape index (κ3) is 3.30. The average Bonchev–Trinajstić information content (AvgIpc) is 2.76. The Morgan fingerprint density at radius 2 is 1.45 bits per heavy atom. The molecule has 0 heterocycles. The number of aliphatic hydroxyl groups is 1. The zero-order valence-corrected chi connectivity index (χ0v) is 15.4. The number of carbonyl (C=O) groups excluding carboxylic acids is 3. The lowest BCUT2D eigenvalue weighted by Gasteiger charge is -2.22. The highest BCUT2D eigenvalue weighted by atomic mass is 16.3. The molecule has 0 atom stereocenters. The van der Waals surface area contributed by atoms with Gasteiger partial charge in [0.2, 0.25) is 0 Å². The van der Waals surface area contributed by atoms with Crippen LogP contribution in [0.3, 0.4) is 0 Å². The number of amides is 1. The number of anilines is 2. The monoisotopic (exact) mass is 386 g/mol. The number of benzene rings is 3. The molecule has 0 fully saturated rings. The summed E-state index contributed by atoms with van der Waals surface area (Å²) >= 11 is 0. The van der Waals surface area contributed by atoms with Gasteiger partial charge < -0.3 is 15.7 Å². The third-order valence-corrected chi connectivity index (χ3v) is 4.78. The first-order chi connectivity index (χ1) is 14.1. The lowest BCUT2D eigenvalue weighted by molar-refractivity contribution is 0.0978. The van der Waals surface area contributed by atoms with E-state index in [4.69, 9.17) is 0 Å². The van der Waals surface area contributed by atoms with E-state index in [1.807, 2.05) is 6.07 Å². The predicted octanol–water partition coefficient (Wildman–Crippen LogP) is 3.12. The second-order valence-corrected chi connectivity index (χ2v) is 6.59. The maximum Gasteiger partial charge on any atom is 0.257 e. The minimum absolute atomic E-state index is 0.130. The first-order valence-corrected chi connectivity index (χ1v) is 9.18. The Hall–Kier alpha value is -3.77. The SMILES string of the molecule is O=C(Nc1ccccc1)c1ccc2c(c1NCCO)C(=O)c1ccccc1C2=O. The predicted molar refractivity (Wildman–Crippen MR) is 110 cm³/mol. The molecule has 0 aromatic heterocycles. The normalized spacial score (nSPS) is 12.2. The van der Waals surface area contributed by atoms with Gasteiger partial charge in [-0.1, -0.05) is 42.5 Å². The molecular weight excluding hydrogens is 368 g/mol. The van der Waals surface area contributed by atoms with Crippen LogP contribution in [0.1, 0.15) is 42.2 Å². The Kier molecular flexibility index (Phi) is 4.93. The minimum atomic E-state index is -0.418. The van der Waals surface area contributed by atoms with Crippen LogP contribution in [-0.2, 0) is 0 Å². The zero-order valence-electron chi connectivity index (χ0n) is 15.4. The van der Waals surface area contributed by atoms with Gasteiger partial charge >= 0.3 is 0 Å². The van der Waals surface area contributed by atoms with E-state index in [9.17, 15) is 19.5 Å². The van der Waals surface area contributed by atoms with Gasteiger partial charge in [0.25, 0.3) is 5.91 Å². The lowest BCUT2D eigenvalue weighted by atomic mass is 9.82. The molecule has 3 aromatic rings. The summed E-state index contributed by atoms with van der Waals surface area (Å²) in [6, 6.07) is 18.6. The summed E-state index contributed by atoms with van der Waals surface area (Å²) in [5.74, 6) is -1.01. The summed E-state index contributed by atoms with van der Waals surface area (Å²) in [4.78, 5) is 39.0. The smallest absolute Gasteiger partial charge is 0.257 e. The maximum atomic E-state index is 13.2. The van der Waals surface area contributed by atoms with Crippen molar-refractivity contribution < 1.29 is 19.5 Å². The molecule has 0 saturated carbocycles. The summed E-state index contributed by atoms with van der Waals surface area (Å²) in [5, 5.41) is 15.0. The van der Waals surface area contributed by atoms with Crippen molar-refractivity contribution in [1.29, 1.82) is 0 Å². The second-order valence-electron chi connectivity index (χ2n) is 6.59. The van der Waals surface area contributed by atoms with E-state index in [2.05, 4.69) is 10.6 Å². The Morgan fingerprint density at radius 3 is 2.14 bits per heavy atom. The van der Waals surface area contributed by atoms with E-state index < -0.39 is 5.91 Å². The number of para-hydroxylation sites is 1. The number of nitrogens with one attached hydrogen (secondary N) is 2. The van der Waals surface area contributed by atoms with Crippen molar-refractivity contribution in [2.45, 2.75) is 0 Å². The molecule has 3 aromatic carbocycles. The van der Waals surface area contributed by atoms with Gasteiger partial charge in [0.15, 0.2) is 11.6 Å². The molecule has 144 valence electrons. The molecule has 0 spiro atoms. The molecule has 4 rings (SSSR count). The average molecular weight is 386 g/mol. The maximum absolute atomic E-state index is 13.2. The molecule has 0 unspecified atom stereocenters. The Labute approximate surface area is 167 Å². The number of carbonyl (C=O) groups is 3. The highest BCUT2D eigenvalue weighted by Gasteiger charge is 2.33. The number of hydrogen-bond donors (Lipinski definition) is 3. The molecule has 1 aliphatic carbocycles. The third-order valence-electron chi connectivity index (χ3n) is 4.78. The number of fused-ring (bicyclic) bond motifs is 2. The lowest BCUT2D eigenvalue weighted by Crippen LogP contribution is -2.25. The van der Waals surface area contributed by atoms with Crippen LogP contribution in [0.2, 0.25) is 0 Å². The van der Waals surface area contributed by atoms with Crippen LogP contribution in [0.5, 0.6) is 0 Å². The van der Waals surface area contributed by atoms with E-state index >= 15 is 0 Å². The van der Waals surface area contributed by atoms with Gasteiger partial charge in [0.05, 0.1) is 23.4 Å². The molecule has 3 N–H and O–H groups in total. The molecule has 1 amide bonds. The molecule has 0 bridgehead atoms. The van der Waals surface area contributed by atoms with Crippen molar-refractivity contribution in [2.75, 3.05) is 23.8 Å². The van der Waals surface area contributed by atoms with E-state index in [1.54, 1.807) is 48.5 Å². The molecule has 0 radical (unpaired) electrons. The molecule has 6 nitrogen and oxygen atoms in total. The fourth-order valence-electron chi connectivity index (χ4n) is 3.46. The summed E-state index contributed by atoms with van der Waals surface area (Å²) < 4.78 is 0. The van der Waals surface area contributed by atoms with Crippen molar-refractivity contribution >= 4 is 28.8 Å². The number of aliphatic hydroxyl groups excluding tert-OH is 1. The van der Waals surface area contributed by atoms with Crippen LogP contribution >= 0.6 is 0 Å². The molecule has 0 saturated heterocycles. The van der Waals surface area contributed by atoms with E-state index in [0.717, 1.165) is 0 Å². The van der Waals surface area contributed by atoms with Crippen LogP contribution in [0.25, 0.3) is 0 Å². The first kappa shape index (κ1) is 18.6. The largest absolute Gasteiger partial charge is 0.395 e. The van der Waals surface area contributed by atoms with Crippen LogP contribution in [0.15, 0.2) is 66.7 Å². The quantitative estimate of drug-likeness (QED) is 0.490. The van der Waals surface area contributed by atoms with E-state index in [-0.39, 0.29) is 47.1 Å². The standard InChI is InChI=1S/C23H18N2O4/c26-13-12-24-20-18(23(29)25-14-6-2-1-3-7-14)11-10-17-19(20)22(28)16-9-5-4-8-15(16)21(17)27/h1-11,24,26H,12-13H2,(H,25,29). The van der Waals surface area contributed by atoms with E-state index in [1.165, 1.54) is 12.1 Å². The Bertz CT molecular complexity index is 1120. The minimum Gasteiger partial charge on any atom is -0.395 e. The number of ketones is 2. The highest BCUT2D eigenvalue weighted by molar-refractivity contribution is 6.31. The summed E-state index contributed by atoms with van der Waals surface area (Å²) in [5.41, 5.74) is 2.13. The van der Waals surface area contributed by atoms with Crippen LogP contribution < -0.4 is 10.6 Å². The van der Waals surface area contributed by atoms with Crippen molar-refractivity contribution in [3.05, 3.63) is 94.5 Å². The number of rotatable bonds is 5. The molecule has 0 aliphatic heterocycles. The molecule has 1 aliphatic rings. The van der Waals surface area contributed by atoms with Crippen LogP contribution in [0, 0.1) is 0 Å². The summed E-state index contributed by atoms with van der Waals surface area (Å²) in [6.45, 7) is -0.0622. The second kappa shape index (κ2) is 7.69. The zero-order chi connectivity index (χ0) is 20.4. The van der Waals surface area contributed by atoms with Crippen molar-refractivity contribution in [3.63, 3.8) is 0 Å². The van der Waals surface area contributed by atoms with Gasteiger partial charge in [-0.15, -0.1) is 0 Å². The van der Waals surface area contributed by atoms with E-state index in [0.29, 0.717) is 16.8 Å². The van der Waals surface area contributed by atoms with Gasteiger partial charge in [-0.05, 0) is 24.3 Å². The fraction of sp³-hybridized carbons (Fsp3) is 0.0870. The van der Waals surface area contributed by atoms with Crippen molar-refractivity contribution in [2.24, 2.45) is 0 Å².